The van der Waals surface area contributed by atoms with Crippen LogP contribution in [0.1, 0.15) is 67.0 Å². The average Bonchev–Trinajstić information content (AvgIpc) is 2.96. The van der Waals surface area contributed by atoms with E-state index in [2.05, 4.69) is 10.5 Å². The van der Waals surface area contributed by atoms with Gasteiger partial charge in [-0.15, -0.1) is 0 Å². The predicted molar refractivity (Wildman–Crippen MR) is 103 cm³/mol. The number of nitrogens with one attached hydrogen (secondary N) is 1. The molecule has 146 valence electrons. The fourth-order valence-electron chi connectivity index (χ4n) is 2.56. The zero-order valence-corrected chi connectivity index (χ0v) is 17.3. The predicted octanol–water partition coefficient (Wildman–Crippen LogP) is 4.84. The second kappa shape index (κ2) is 8.76. The minimum Gasteiger partial charge on any atom is -0.449 e. The monoisotopic (exact) mass is 412 g/mol. The first kappa shape index (κ1) is 21.3. The fourth-order valence-corrected chi connectivity index (χ4v) is 3.14. The number of benzene rings is 1. The van der Waals surface area contributed by atoms with Crippen molar-refractivity contribution in [2.75, 3.05) is 0 Å². The maximum absolute atomic E-state index is 12.5. The van der Waals surface area contributed by atoms with Crippen molar-refractivity contribution in [3.63, 3.8) is 0 Å². The molecule has 27 heavy (non-hydrogen) atoms. The van der Waals surface area contributed by atoms with Crippen molar-refractivity contribution in [2.45, 2.75) is 52.7 Å². The minimum absolute atomic E-state index is 0.0371. The number of aromatic nitrogens is 1. The molecule has 0 fully saturated rings. The Kier molecular flexibility index (Phi) is 6.89. The Morgan fingerprint density at radius 2 is 1.85 bits per heavy atom. The van der Waals surface area contributed by atoms with Gasteiger partial charge >= 0.3 is 5.97 Å². The van der Waals surface area contributed by atoms with Crippen LogP contribution in [0.15, 0.2) is 22.7 Å². The lowest BCUT2D eigenvalue weighted by atomic mass is 10.1. The minimum atomic E-state index is -1.000. The number of esters is 1. The number of nitrogens with zero attached hydrogens (tertiary/aromatic N) is 1. The molecule has 0 aliphatic carbocycles. The summed E-state index contributed by atoms with van der Waals surface area (Å²) in [6.07, 6.45) is -1.000. The number of aryl methyl sites for hydroxylation is 1. The Bertz CT molecular complexity index is 848. The van der Waals surface area contributed by atoms with E-state index in [1.807, 2.05) is 13.8 Å². The van der Waals surface area contributed by atoms with E-state index in [0.717, 1.165) is 0 Å². The Balaban J connectivity index is 2.05. The molecule has 1 aromatic carbocycles. The summed E-state index contributed by atoms with van der Waals surface area (Å²) in [5.74, 6) is -0.685. The molecule has 0 saturated carbocycles. The van der Waals surface area contributed by atoms with Crippen molar-refractivity contribution in [1.29, 1.82) is 0 Å². The Morgan fingerprint density at radius 3 is 2.44 bits per heavy atom. The van der Waals surface area contributed by atoms with Gasteiger partial charge in [0.25, 0.3) is 5.91 Å². The molecule has 0 saturated heterocycles. The van der Waals surface area contributed by atoms with Crippen LogP contribution < -0.4 is 5.32 Å². The summed E-state index contributed by atoms with van der Waals surface area (Å²) in [4.78, 5) is 24.9. The van der Waals surface area contributed by atoms with Crippen LogP contribution in [0, 0.1) is 6.92 Å². The van der Waals surface area contributed by atoms with Gasteiger partial charge in [-0.3, -0.25) is 4.79 Å². The molecule has 0 radical (unpaired) electrons. The number of halogens is 2. The topological polar surface area (TPSA) is 81.4 Å². The molecule has 1 heterocycles. The molecule has 0 bridgehead atoms. The number of rotatable bonds is 6. The lowest BCUT2D eigenvalue weighted by molar-refractivity contribution is -0.129. The summed E-state index contributed by atoms with van der Waals surface area (Å²) in [5.41, 5.74) is 1.40. The number of hydrogen-bond acceptors (Lipinski definition) is 5. The summed E-state index contributed by atoms with van der Waals surface area (Å²) < 4.78 is 10.5. The molecule has 2 aromatic rings. The van der Waals surface area contributed by atoms with Gasteiger partial charge in [0.15, 0.2) is 11.9 Å². The van der Waals surface area contributed by atoms with Crippen molar-refractivity contribution in [2.24, 2.45) is 0 Å². The summed E-state index contributed by atoms with van der Waals surface area (Å²) in [6.45, 7) is 8.69. The molecule has 0 spiro atoms. The van der Waals surface area contributed by atoms with Crippen LogP contribution in [0.3, 0.4) is 0 Å². The second-order valence-corrected chi connectivity index (χ2v) is 7.45. The van der Waals surface area contributed by atoms with Gasteiger partial charge in [0.2, 0.25) is 0 Å². The van der Waals surface area contributed by atoms with Crippen molar-refractivity contribution in [3.05, 3.63) is 50.8 Å². The van der Waals surface area contributed by atoms with E-state index in [0.29, 0.717) is 27.1 Å². The van der Waals surface area contributed by atoms with Crippen molar-refractivity contribution in [3.8, 4) is 0 Å². The van der Waals surface area contributed by atoms with Crippen molar-refractivity contribution >= 4 is 35.1 Å². The van der Waals surface area contributed by atoms with E-state index in [-0.39, 0.29) is 17.5 Å². The van der Waals surface area contributed by atoms with Gasteiger partial charge in [-0.1, -0.05) is 48.3 Å². The molecule has 6 nitrogen and oxygen atoms in total. The highest BCUT2D eigenvalue weighted by molar-refractivity contribution is 6.35. The van der Waals surface area contributed by atoms with Gasteiger partial charge < -0.3 is 14.6 Å². The van der Waals surface area contributed by atoms with E-state index >= 15 is 0 Å². The number of amides is 1. The first-order chi connectivity index (χ1) is 12.6. The van der Waals surface area contributed by atoms with Gasteiger partial charge in [-0.25, -0.2) is 4.79 Å². The third-order valence-corrected chi connectivity index (χ3v) is 4.62. The lowest BCUT2D eigenvalue weighted by Crippen LogP contribution is -2.37. The third kappa shape index (κ3) is 5.02. The van der Waals surface area contributed by atoms with Gasteiger partial charge in [-0.2, -0.15) is 0 Å². The number of carbonyl (C=O) groups is 2. The zero-order chi connectivity index (χ0) is 20.3. The summed E-state index contributed by atoms with van der Waals surface area (Å²) in [7, 11) is 0. The highest BCUT2D eigenvalue weighted by atomic mass is 35.5. The zero-order valence-electron chi connectivity index (χ0n) is 15.8. The van der Waals surface area contributed by atoms with Crippen LogP contribution >= 0.6 is 23.2 Å². The molecule has 0 aliphatic heterocycles. The Morgan fingerprint density at radius 1 is 1.19 bits per heavy atom. The molecular formula is C19H22Cl2N2O4. The molecule has 0 aliphatic rings. The van der Waals surface area contributed by atoms with Crippen LogP contribution in [0.5, 0.6) is 0 Å². The highest BCUT2D eigenvalue weighted by Gasteiger charge is 2.27. The first-order valence-corrected chi connectivity index (χ1v) is 9.29. The largest absolute Gasteiger partial charge is 0.449 e. The van der Waals surface area contributed by atoms with E-state index in [9.17, 15) is 9.59 Å². The average molecular weight is 413 g/mol. The first-order valence-electron chi connectivity index (χ1n) is 8.54. The Labute approximate surface area is 168 Å². The second-order valence-electron chi connectivity index (χ2n) is 6.61. The molecule has 1 aromatic heterocycles. The molecule has 1 amide bonds. The van der Waals surface area contributed by atoms with Crippen LogP contribution in [0.25, 0.3) is 0 Å². The molecular weight excluding hydrogens is 391 g/mol. The number of hydrogen-bond donors (Lipinski definition) is 1. The van der Waals surface area contributed by atoms with Gasteiger partial charge in [-0.05, 0) is 38.5 Å². The highest BCUT2D eigenvalue weighted by Crippen LogP contribution is 2.26. The summed E-state index contributed by atoms with van der Waals surface area (Å²) in [5, 5.41) is 7.55. The van der Waals surface area contributed by atoms with Crippen molar-refractivity contribution in [1.82, 2.24) is 10.5 Å². The smallest absolute Gasteiger partial charge is 0.344 e. The van der Waals surface area contributed by atoms with Crippen LogP contribution in [0.4, 0.5) is 0 Å². The van der Waals surface area contributed by atoms with Gasteiger partial charge in [0.1, 0.15) is 5.56 Å². The van der Waals surface area contributed by atoms with Gasteiger partial charge in [0, 0.05) is 16.0 Å². The standard InChI is InChI=1S/C19H22Cl2N2O4/c1-9(2)17-16(11(4)23-27-17)19(25)26-12(5)18(24)22-10(3)14-7-6-13(20)8-15(14)21/h6-10,12H,1-5H3,(H,22,24)/t10-,12-/m1/s1. The number of ether oxygens (including phenoxy) is 1. The molecule has 1 N–H and O–H groups in total. The molecule has 0 unspecified atom stereocenters. The van der Waals surface area contributed by atoms with E-state index < -0.39 is 18.0 Å². The SMILES string of the molecule is Cc1noc(C(C)C)c1C(=O)O[C@H](C)C(=O)N[C@H](C)c1ccc(Cl)cc1Cl. The summed E-state index contributed by atoms with van der Waals surface area (Å²) >= 11 is 12.1. The lowest BCUT2D eigenvalue weighted by Gasteiger charge is -2.19. The van der Waals surface area contributed by atoms with Crippen molar-refractivity contribution < 1.29 is 18.8 Å². The van der Waals surface area contributed by atoms with Gasteiger partial charge in [0.05, 0.1) is 11.7 Å². The third-order valence-electron chi connectivity index (χ3n) is 4.06. The van der Waals surface area contributed by atoms with Crippen LogP contribution in [0.2, 0.25) is 10.0 Å². The van der Waals surface area contributed by atoms with E-state index in [4.69, 9.17) is 32.5 Å². The fraction of sp³-hybridized carbons (Fsp3) is 0.421. The normalized spacial score (nSPS) is 13.3. The molecule has 2 atom stereocenters. The maximum Gasteiger partial charge on any atom is 0.344 e. The number of carbonyl (C=O) groups excluding carboxylic acids is 2. The van der Waals surface area contributed by atoms with Crippen LogP contribution in [-0.4, -0.2) is 23.1 Å². The summed E-state index contributed by atoms with van der Waals surface area (Å²) in [6, 6.07) is 4.65. The van der Waals surface area contributed by atoms with E-state index in [1.165, 1.54) is 6.92 Å². The van der Waals surface area contributed by atoms with E-state index in [1.54, 1.807) is 32.0 Å². The van der Waals surface area contributed by atoms with Crippen LogP contribution in [-0.2, 0) is 9.53 Å². The molecule has 2 rings (SSSR count). The Hall–Kier alpha value is -2.05. The molecule has 8 heteroatoms. The maximum atomic E-state index is 12.5. The quantitative estimate of drug-likeness (QED) is 0.686.